The number of hydrogen-bond acceptors (Lipinski definition) is 4. The van der Waals surface area contributed by atoms with E-state index in [0.717, 1.165) is 25.9 Å². The highest BCUT2D eigenvalue weighted by molar-refractivity contribution is 7.91. The molecule has 4 nitrogen and oxygen atoms in total. The molecule has 0 amide bonds. The van der Waals surface area contributed by atoms with Gasteiger partial charge >= 0.3 is 0 Å². The molecule has 1 heterocycles. The first-order valence-corrected chi connectivity index (χ1v) is 7.52. The molecule has 0 spiro atoms. The molecule has 90 valence electrons. The molecule has 0 saturated carbocycles. The second-order valence-electron chi connectivity index (χ2n) is 4.29. The van der Waals surface area contributed by atoms with Gasteiger partial charge in [0.15, 0.2) is 9.84 Å². The highest BCUT2D eigenvalue weighted by atomic mass is 32.2. The van der Waals surface area contributed by atoms with Crippen molar-refractivity contribution in [1.82, 2.24) is 4.90 Å². The second-order valence-corrected chi connectivity index (χ2v) is 6.60. The third-order valence-electron chi connectivity index (χ3n) is 3.20. The molecule has 1 aliphatic rings. The summed E-state index contributed by atoms with van der Waals surface area (Å²) in [6, 6.07) is 0. The standard InChI is InChI=1S/C10H22N2O2S/c1-2-10(9-11)3-4-12-5-7-15(13,14)8-6-12/h10H,2-9,11H2,1H3. The Balaban J connectivity index is 2.24. The van der Waals surface area contributed by atoms with Crippen molar-refractivity contribution in [3.63, 3.8) is 0 Å². The zero-order chi connectivity index (χ0) is 11.3. The summed E-state index contributed by atoms with van der Waals surface area (Å²) in [5.74, 6) is 1.24. The maximum atomic E-state index is 11.2. The van der Waals surface area contributed by atoms with Crippen LogP contribution < -0.4 is 5.73 Å². The molecule has 0 radical (unpaired) electrons. The van der Waals surface area contributed by atoms with Crippen LogP contribution in [0.4, 0.5) is 0 Å². The van der Waals surface area contributed by atoms with Gasteiger partial charge in [0.2, 0.25) is 0 Å². The molecule has 0 aromatic carbocycles. The smallest absolute Gasteiger partial charge is 0.152 e. The molecule has 2 N–H and O–H groups in total. The first kappa shape index (κ1) is 12.9. The van der Waals surface area contributed by atoms with Crippen molar-refractivity contribution < 1.29 is 8.42 Å². The zero-order valence-corrected chi connectivity index (χ0v) is 10.3. The summed E-state index contributed by atoms with van der Waals surface area (Å²) >= 11 is 0. The highest BCUT2D eigenvalue weighted by Gasteiger charge is 2.21. The van der Waals surface area contributed by atoms with E-state index in [0.29, 0.717) is 30.5 Å². The van der Waals surface area contributed by atoms with E-state index in [9.17, 15) is 8.42 Å². The minimum Gasteiger partial charge on any atom is -0.330 e. The molecule has 1 fully saturated rings. The Bertz CT molecular complexity index is 259. The fourth-order valence-electron chi connectivity index (χ4n) is 1.83. The maximum Gasteiger partial charge on any atom is 0.152 e. The van der Waals surface area contributed by atoms with Crippen molar-refractivity contribution in [1.29, 1.82) is 0 Å². The lowest BCUT2D eigenvalue weighted by molar-refractivity contribution is 0.268. The summed E-state index contributed by atoms with van der Waals surface area (Å²) < 4.78 is 22.4. The van der Waals surface area contributed by atoms with Crippen molar-refractivity contribution in [2.75, 3.05) is 37.7 Å². The lowest BCUT2D eigenvalue weighted by Gasteiger charge is -2.27. The number of hydrogen-bond donors (Lipinski definition) is 1. The van der Waals surface area contributed by atoms with Crippen LogP contribution in [0.1, 0.15) is 19.8 Å². The molecule has 0 aliphatic carbocycles. The summed E-state index contributed by atoms with van der Waals surface area (Å²) in [6.07, 6.45) is 2.20. The van der Waals surface area contributed by atoms with Gasteiger partial charge in [-0.3, -0.25) is 0 Å². The predicted octanol–water partition coefficient (Wildman–Crippen LogP) is 0.0918. The lowest BCUT2D eigenvalue weighted by atomic mass is 10.0. The van der Waals surface area contributed by atoms with E-state index in [1.807, 2.05) is 0 Å². The SMILES string of the molecule is CCC(CN)CCN1CCS(=O)(=O)CC1. The average Bonchev–Trinajstić information content (AvgIpc) is 2.21. The Morgan fingerprint density at radius 3 is 2.40 bits per heavy atom. The van der Waals surface area contributed by atoms with Gasteiger partial charge in [-0.1, -0.05) is 13.3 Å². The summed E-state index contributed by atoms with van der Waals surface area (Å²) in [6.45, 7) is 5.28. The number of nitrogens with zero attached hydrogens (tertiary/aromatic N) is 1. The Morgan fingerprint density at radius 1 is 1.33 bits per heavy atom. The van der Waals surface area contributed by atoms with Gasteiger partial charge in [0.25, 0.3) is 0 Å². The summed E-state index contributed by atoms with van der Waals surface area (Å²) in [5.41, 5.74) is 5.63. The van der Waals surface area contributed by atoms with Gasteiger partial charge in [-0.2, -0.15) is 0 Å². The van der Waals surface area contributed by atoms with Crippen molar-refractivity contribution in [2.24, 2.45) is 11.7 Å². The minimum atomic E-state index is -2.73. The largest absolute Gasteiger partial charge is 0.330 e. The third kappa shape index (κ3) is 4.49. The molecule has 0 aromatic rings. The topological polar surface area (TPSA) is 63.4 Å². The van der Waals surface area contributed by atoms with Crippen LogP contribution >= 0.6 is 0 Å². The van der Waals surface area contributed by atoms with Crippen molar-refractivity contribution in [3.8, 4) is 0 Å². The first-order chi connectivity index (χ1) is 7.07. The quantitative estimate of drug-likeness (QED) is 0.732. The normalized spacial score (nSPS) is 23.9. The monoisotopic (exact) mass is 234 g/mol. The van der Waals surface area contributed by atoms with Crippen molar-refractivity contribution >= 4 is 9.84 Å². The second kappa shape index (κ2) is 5.82. The molecule has 1 aliphatic heterocycles. The highest BCUT2D eigenvalue weighted by Crippen LogP contribution is 2.10. The van der Waals surface area contributed by atoms with Crippen LogP contribution in [0.25, 0.3) is 0 Å². The Morgan fingerprint density at radius 2 is 1.93 bits per heavy atom. The Labute approximate surface area is 92.7 Å². The molecular weight excluding hydrogens is 212 g/mol. The molecule has 5 heteroatoms. The van der Waals surface area contributed by atoms with Gasteiger partial charge in [-0.05, 0) is 25.4 Å². The zero-order valence-electron chi connectivity index (χ0n) is 9.48. The molecule has 0 bridgehead atoms. The molecule has 0 aromatic heterocycles. The van der Waals surface area contributed by atoms with Crippen LogP contribution in [0.2, 0.25) is 0 Å². The number of sulfone groups is 1. The van der Waals surface area contributed by atoms with E-state index in [-0.39, 0.29) is 0 Å². The summed E-state index contributed by atoms with van der Waals surface area (Å²) in [7, 11) is -2.73. The van der Waals surface area contributed by atoms with Gasteiger partial charge in [-0.15, -0.1) is 0 Å². The van der Waals surface area contributed by atoms with E-state index in [2.05, 4.69) is 11.8 Å². The fourth-order valence-corrected chi connectivity index (χ4v) is 3.10. The molecule has 1 unspecified atom stereocenters. The molecule has 15 heavy (non-hydrogen) atoms. The fraction of sp³-hybridized carbons (Fsp3) is 1.00. The molecule has 1 atom stereocenters. The van der Waals surface area contributed by atoms with Gasteiger partial charge < -0.3 is 10.6 Å². The number of rotatable bonds is 5. The Hall–Kier alpha value is -0.130. The van der Waals surface area contributed by atoms with Crippen molar-refractivity contribution in [2.45, 2.75) is 19.8 Å². The molecular formula is C10H22N2O2S. The summed E-state index contributed by atoms with van der Waals surface area (Å²) in [5, 5.41) is 0. The third-order valence-corrected chi connectivity index (χ3v) is 4.81. The van der Waals surface area contributed by atoms with E-state index >= 15 is 0 Å². The molecule has 1 saturated heterocycles. The minimum absolute atomic E-state index is 0.326. The summed E-state index contributed by atoms with van der Waals surface area (Å²) in [4.78, 5) is 2.24. The lowest BCUT2D eigenvalue weighted by Crippen LogP contribution is -2.41. The van der Waals surface area contributed by atoms with Crippen LogP contribution in [-0.2, 0) is 9.84 Å². The van der Waals surface area contributed by atoms with Crippen molar-refractivity contribution in [3.05, 3.63) is 0 Å². The predicted molar refractivity (Wildman–Crippen MR) is 62.5 cm³/mol. The van der Waals surface area contributed by atoms with E-state index in [4.69, 9.17) is 5.73 Å². The van der Waals surface area contributed by atoms with Crippen LogP contribution in [0.15, 0.2) is 0 Å². The van der Waals surface area contributed by atoms with Crippen LogP contribution in [0, 0.1) is 5.92 Å². The van der Waals surface area contributed by atoms with Gasteiger partial charge in [0.1, 0.15) is 0 Å². The van der Waals surface area contributed by atoms with E-state index in [1.165, 1.54) is 0 Å². The van der Waals surface area contributed by atoms with Gasteiger partial charge in [0, 0.05) is 13.1 Å². The maximum absolute atomic E-state index is 11.2. The van der Waals surface area contributed by atoms with Crippen LogP contribution in [0.5, 0.6) is 0 Å². The number of nitrogens with two attached hydrogens (primary N) is 1. The van der Waals surface area contributed by atoms with Crippen LogP contribution in [0.3, 0.4) is 0 Å². The van der Waals surface area contributed by atoms with E-state index in [1.54, 1.807) is 0 Å². The Kier molecular flexibility index (Phi) is 5.02. The average molecular weight is 234 g/mol. The molecule has 1 rings (SSSR count). The van der Waals surface area contributed by atoms with E-state index < -0.39 is 9.84 Å². The first-order valence-electron chi connectivity index (χ1n) is 5.70. The van der Waals surface area contributed by atoms with Gasteiger partial charge in [-0.25, -0.2) is 8.42 Å². The van der Waals surface area contributed by atoms with Gasteiger partial charge in [0.05, 0.1) is 11.5 Å². The van der Waals surface area contributed by atoms with Crippen LogP contribution in [-0.4, -0.2) is 51.0 Å².